The van der Waals surface area contributed by atoms with Crippen LogP contribution in [0.5, 0.6) is 0 Å². The van der Waals surface area contributed by atoms with E-state index in [0.717, 1.165) is 41.2 Å². The molecule has 0 spiro atoms. The Balaban J connectivity index is 1.27. The van der Waals surface area contributed by atoms with Crippen molar-refractivity contribution in [1.29, 1.82) is 0 Å². The number of H-pyrrole nitrogens is 1. The molecule has 3 aromatic heterocycles. The van der Waals surface area contributed by atoms with Gasteiger partial charge in [0.05, 0.1) is 30.3 Å². The molecule has 2 N–H and O–H groups in total. The number of benzene rings is 1. The van der Waals surface area contributed by atoms with Gasteiger partial charge in [-0.05, 0) is 42.8 Å². The molecular formula is C24H26FN5O2. The van der Waals surface area contributed by atoms with Crippen molar-refractivity contribution in [2.75, 3.05) is 29.9 Å². The first-order valence-electron chi connectivity index (χ1n) is 10.9. The van der Waals surface area contributed by atoms with Gasteiger partial charge in [0.25, 0.3) is 0 Å². The van der Waals surface area contributed by atoms with Gasteiger partial charge in [-0.2, -0.15) is 0 Å². The maximum Gasteiger partial charge on any atom is 0.179 e. The van der Waals surface area contributed by atoms with Crippen LogP contribution in [0.3, 0.4) is 0 Å². The number of hydrogen-bond acceptors (Lipinski definition) is 6. The number of imidazole rings is 1. The Bertz CT molecular complexity index is 1190. The van der Waals surface area contributed by atoms with Gasteiger partial charge >= 0.3 is 0 Å². The summed E-state index contributed by atoms with van der Waals surface area (Å²) in [6, 6.07) is 11.2. The third-order valence-electron chi connectivity index (χ3n) is 5.71. The quantitative estimate of drug-likeness (QED) is 0.450. The smallest absolute Gasteiger partial charge is 0.179 e. The summed E-state index contributed by atoms with van der Waals surface area (Å²) in [6.45, 7) is 4.53. The molecule has 1 aliphatic rings. The molecule has 0 aliphatic carbocycles. The zero-order valence-electron chi connectivity index (χ0n) is 18.0. The summed E-state index contributed by atoms with van der Waals surface area (Å²) in [5.74, 6) is 1.57. The molecule has 1 fully saturated rings. The van der Waals surface area contributed by atoms with Crippen LogP contribution in [0.1, 0.15) is 24.1 Å². The second kappa shape index (κ2) is 9.00. The topological polar surface area (TPSA) is 79.2 Å². The van der Waals surface area contributed by atoms with Crippen LogP contribution in [0.25, 0.3) is 11.2 Å². The zero-order valence-corrected chi connectivity index (χ0v) is 18.0. The summed E-state index contributed by atoms with van der Waals surface area (Å²) in [4.78, 5) is 14.4. The number of aromatic nitrogens is 3. The maximum absolute atomic E-state index is 14.8. The van der Waals surface area contributed by atoms with E-state index in [1.165, 1.54) is 0 Å². The molecule has 8 heteroatoms. The van der Waals surface area contributed by atoms with Crippen molar-refractivity contribution in [3.8, 4) is 0 Å². The Hall–Kier alpha value is -3.39. The Morgan fingerprint density at radius 1 is 1.25 bits per heavy atom. The van der Waals surface area contributed by atoms with Gasteiger partial charge < -0.3 is 24.4 Å². The minimum Gasteiger partial charge on any atom is -0.469 e. The zero-order chi connectivity index (χ0) is 21.9. The van der Waals surface area contributed by atoms with Gasteiger partial charge in [-0.25, -0.2) is 14.4 Å². The molecule has 32 heavy (non-hydrogen) atoms. The molecule has 0 saturated carbocycles. The van der Waals surface area contributed by atoms with E-state index in [1.807, 2.05) is 42.2 Å². The Morgan fingerprint density at radius 3 is 3.00 bits per heavy atom. The minimum absolute atomic E-state index is 0.108. The van der Waals surface area contributed by atoms with E-state index in [0.29, 0.717) is 37.6 Å². The van der Waals surface area contributed by atoms with E-state index >= 15 is 0 Å². The molecule has 166 valence electrons. The van der Waals surface area contributed by atoms with Crippen LogP contribution in [0.4, 0.5) is 15.8 Å². The number of pyridine rings is 1. The molecular weight excluding hydrogens is 409 g/mol. The van der Waals surface area contributed by atoms with Gasteiger partial charge in [-0.15, -0.1) is 0 Å². The van der Waals surface area contributed by atoms with Gasteiger partial charge in [0, 0.05) is 38.7 Å². The summed E-state index contributed by atoms with van der Waals surface area (Å²) in [7, 11) is 0. The van der Waals surface area contributed by atoms with Gasteiger partial charge in [0.15, 0.2) is 5.65 Å². The van der Waals surface area contributed by atoms with Crippen LogP contribution in [0.2, 0.25) is 0 Å². The Labute approximate surface area is 185 Å². The van der Waals surface area contributed by atoms with E-state index in [1.54, 1.807) is 18.5 Å². The van der Waals surface area contributed by atoms with Crippen molar-refractivity contribution in [2.45, 2.75) is 32.4 Å². The number of nitrogens with zero attached hydrogens (tertiary/aromatic N) is 3. The highest BCUT2D eigenvalue weighted by Crippen LogP contribution is 2.25. The number of nitrogens with one attached hydrogen (secondary N) is 2. The SMILES string of the molecule is C[C@@H]1CN(c2ccc(CNc3ccnc4nc(CCc5ccco5)[nH]c34)cc2F)CCO1. The highest BCUT2D eigenvalue weighted by Gasteiger charge is 2.19. The number of hydrogen-bond donors (Lipinski definition) is 2. The lowest BCUT2D eigenvalue weighted by Crippen LogP contribution is -2.41. The van der Waals surface area contributed by atoms with Crippen LogP contribution in [-0.2, 0) is 24.1 Å². The van der Waals surface area contributed by atoms with E-state index in [4.69, 9.17) is 9.15 Å². The van der Waals surface area contributed by atoms with Crippen molar-refractivity contribution < 1.29 is 13.5 Å². The first-order valence-corrected chi connectivity index (χ1v) is 10.9. The fourth-order valence-electron chi connectivity index (χ4n) is 4.07. The molecule has 7 nitrogen and oxygen atoms in total. The largest absolute Gasteiger partial charge is 0.469 e. The van der Waals surface area contributed by atoms with Crippen molar-refractivity contribution >= 4 is 22.5 Å². The van der Waals surface area contributed by atoms with Gasteiger partial charge in [-0.1, -0.05) is 6.07 Å². The van der Waals surface area contributed by atoms with Crippen LogP contribution in [-0.4, -0.2) is 40.8 Å². The predicted octanol–water partition coefficient (Wildman–Crippen LogP) is 4.31. The van der Waals surface area contributed by atoms with E-state index in [2.05, 4.69) is 20.3 Å². The summed E-state index contributed by atoms with van der Waals surface area (Å²) in [6.07, 6.45) is 5.01. The predicted molar refractivity (Wildman–Crippen MR) is 121 cm³/mol. The second-order valence-electron chi connectivity index (χ2n) is 8.09. The van der Waals surface area contributed by atoms with Gasteiger partial charge in [0.2, 0.25) is 0 Å². The number of ether oxygens (including phenoxy) is 1. The van der Waals surface area contributed by atoms with Gasteiger partial charge in [0.1, 0.15) is 22.9 Å². The molecule has 1 aliphatic heterocycles. The van der Waals surface area contributed by atoms with E-state index < -0.39 is 0 Å². The number of aromatic amines is 1. The second-order valence-corrected chi connectivity index (χ2v) is 8.09. The number of rotatable bonds is 7. The summed E-state index contributed by atoms with van der Waals surface area (Å²) in [5, 5.41) is 3.39. The first kappa shape index (κ1) is 20.5. The molecule has 5 rings (SSSR count). The molecule has 0 radical (unpaired) electrons. The van der Waals surface area contributed by atoms with Crippen molar-refractivity contribution in [3.63, 3.8) is 0 Å². The fourth-order valence-corrected chi connectivity index (χ4v) is 4.07. The normalized spacial score (nSPS) is 16.6. The lowest BCUT2D eigenvalue weighted by molar-refractivity contribution is 0.0530. The standard InChI is InChI=1S/C24H26FN5O2/c1-16-15-30(10-12-31-16)21-6-4-17(13-19(21)25)14-27-20-8-9-26-24-23(20)28-22(29-24)7-5-18-3-2-11-32-18/h2-4,6,8-9,11,13,16H,5,7,10,12,14-15H2,1H3,(H2,26,27,28,29)/t16-/m1/s1. The third-order valence-corrected chi connectivity index (χ3v) is 5.71. The number of morpholine rings is 1. The van der Waals surface area contributed by atoms with Crippen molar-refractivity contribution in [3.05, 3.63) is 71.8 Å². The van der Waals surface area contributed by atoms with Crippen LogP contribution < -0.4 is 10.2 Å². The average molecular weight is 436 g/mol. The van der Waals surface area contributed by atoms with E-state index in [9.17, 15) is 4.39 Å². The molecule has 4 heterocycles. The summed E-state index contributed by atoms with van der Waals surface area (Å²) < 4.78 is 25.8. The average Bonchev–Trinajstić information content (AvgIpc) is 3.46. The Morgan fingerprint density at radius 2 is 2.19 bits per heavy atom. The highest BCUT2D eigenvalue weighted by molar-refractivity contribution is 5.85. The van der Waals surface area contributed by atoms with Crippen LogP contribution >= 0.6 is 0 Å². The van der Waals surface area contributed by atoms with Gasteiger partial charge in [-0.3, -0.25) is 0 Å². The Kier molecular flexibility index (Phi) is 5.77. The van der Waals surface area contributed by atoms with Crippen molar-refractivity contribution in [2.24, 2.45) is 0 Å². The lowest BCUT2D eigenvalue weighted by Gasteiger charge is -2.33. The highest BCUT2D eigenvalue weighted by atomic mass is 19.1. The number of aryl methyl sites for hydroxylation is 2. The molecule has 0 unspecified atom stereocenters. The summed E-state index contributed by atoms with van der Waals surface area (Å²) >= 11 is 0. The molecule has 4 aromatic rings. The third kappa shape index (κ3) is 4.45. The molecule has 1 saturated heterocycles. The summed E-state index contributed by atoms with van der Waals surface area (Å²) in [5.41, 5.74) is 3.90. The van der Waals surface area contributed by atoms with Crippen LogP contribution in [0, 0.1) is 5.82 Å². The fraction of sp³-hybridized carbons (Fsp3) is 0.333. The number of fused-ring (bicyclic) bond motifs is 1. The van der Waals surface area contributed by atoms with Crippen molar-refractivity contribution in [1.82, 2.24) is 15.0 Å². The minimum atomic E-state index is -0.208. The number of furan rings is 1. The van der Waals surface area contributed by atoms with Crippen LogP contribution in [0.15, 0.2) is 53.3 Å². The first-order chi connectivity index (χ1) is 15.7. The molecule has 1 atom stereocenters. The number of anilines is 2. The van der Waals surface area contributed by atoms with E-state index in [-0.39, 0.29) is 11.9 Å². The molecule has 1 aromatic carbocycles. The molecule has 0 amide bonds. The lowest BCUT2D eigenvalue weighted by atomic mass is 10.1. The number of halogens is 1. The molecule has 0 bridgehead atoms. The maximum atomic E-state index is 14.8. The monoisotopic (exact) mass is 435 g/mol.